The van der Waals surface area contributed by atoms with Gasteiger partial charge in [-0.2, -0.15) is 4.39 Å². The van der Waals surface area contributed by atoms with E-state index in [4.69, 9.17) is 5.11 Å². The van der Waals surface area contributed by atoms with E-state index in [1.165, 1.54) is 0 Å². The predicted molar refractivity (Wildman–Crippen MR) is 27.6 cm³/mol. The Morgan fingerprint density at radius 3 is 2.60 bits per heavy atom. The van der Waals surface area contributed by atoms with E-state index in [0.717, 1.165) is 0 Å². The first-order chi connectivity index (χ1) is 4.52. The maximum Gasteiger partial charge on any atom is 0.321 e. The zero-order valence-corrected chi connectivity index (χ0v) is 4.85. The van der Waals surface area contributed by atoms with Gasteiger partial charge < -0.3 is 10.4 Å². The van der Waals surface area contributed by atoms with Crippen molar-refractivity contribution >= 4 is 11.9 Å². The van der Waals surface area contributed by atoms with Gasteiger partial charge in [0.25, 0.3) is 5.91 Å². The Morgan fingerprint density at radius 1 is 1.60 bits per heavy atom. The third kappa shape index (κ3) is 1.06. The lowest BCUT2D eigenvalue weighted by Crippen LogP contribution is -2.60. The molecule has 1 rings (SSSR count). The molecule has 1 saturated heterocycles. The van der Waals surface area contributed by atoms with Crippen molar-refractivity contribution < 1.29 is 19.1 Å². The van der Waals surface area contributed by atoms with Gasteiger partial charge in [-0.1, -0.05) is 0 Å². The first kappa shape index (κ1) is 6.94. The van der Waals surface area contributed by atoms with Gasteiger partial charge in [-0.3, -0.25) is 10.1 Å². The van der Waals surface area contributed by atoms with Crippen molar-refractivity contribution in [3.8, 4) is 0 Å². The number of hydrogen-bond donors (Lipinski definition) is 3. The lowest BCUT2D eigenvalue weighted by Gasteiger charge is -2.22. The van der Waals surface area contributed by atoms with Crippen LogP contribution in [0.2, 0.25) is 0 Å². The van der Waals surface area contributed by atoms with Crippen LogP contribution in [0.1, 0.15) is 0 Å². The highest BCUT2D eigenvalue weighted by molar-refractivity contribution is 6.00. The molecule has 1 heterocycles. The number of rotatable bonds is 0. The van der Waals surface area contributed by atoms with Crippen molar-refractivity contribution in [2.75, 3.05) is 6.54 Å². The van der Waals surface area contributed by atoms with Crippen LogP contribution >= 0.6 is 0 Å². The highest BCUT2D eigenvalue weighted by Crippen LogP contribution is 2.07. The molecule has 3 amide bonds. The number of amides is 3. The van der Waals surface area contributed by atoms with Crippen LogP contribution in [0.3, 0.4) is 0 Å². The van der Waals surface area contributed by atoms with Crippen LogP contribution in [0.15, 0.2) is 0 Å². The number of β-amino-alcohol motifs (C(OH)–C–C–N with tert-alkyl or cyclic N) is 1. The van der Waals surface area contributed by atoms with E-state index in [1.54, 1.807) is 5.32 Å². The fourth-order valence-corrected chi connectivity index (χ4v) is 0.521. The zero-order valence-electron chi connectivity index (χ0n) is 4.85. The third-order valence-electron chi connectivity index (χ3n) is 1.06. The Morgan fingerprint density at radius 2 is 2.20 bits per heavy atom. The van der Waals surface area contributed by atoms with Crippen molar-refractivity contribution in [3.63, 3.8) is 0 Å². The highest BCUT2D eigenvalue weighted by Gasteiger charge is 2.40. The summed E-state index contributed by atoms with van der Waals surface area (Å²) in [6.45, 7) is -0.697. The second-order valence-electron chi connectivity index (χ2n) is 1.90. The van der Waals surface area contributed by atoms with Gasteiger partial charge >= 0.3 is 11.9 Å². The lowest BCUT2D eigenvalue weighted by molar-refractivity contribution is -0.160. The van der Waals surface area contributed by atoms with Gasteiger partial charge in [0.1, 0.15) is 0 Å². The minimum Gasteiger partial charge on any atom is -0.353 e. The third-order valence-corrected chi connectivity index (χ3v) is 1.06. The number of halogens is 1. The average Bonchev–Trinajstić information content (AvgIpc) is 1.81. The van der Waals surface area contributed by atoms with Gasteiger partial charge in [-0.15, -0.1) is 0 Å². The summed E-state index contributed by atoms with van der Waals surface area (Å²) in [5.74, 6) is -4.29. The molecule has 0 radical (unpaired) electrons. The summed E-state index contributed by atoms with van der Waals surface area (Å²) in [5, 5.41) is 11.9. The first-order valence-electron chi connectivity index (χ1n) is 2.53. The minimum atomic E-state index is -2.96. The Hall–Kier alpha value is -1.17. The number of alkyl halides is 1. The number of urea groups is 1. The molecule has 1 fully saturated rings. The molecule has 1 aliphatic heterocycles. The molecular weight excluding hydrogens is 143 g/mol. The molecule has 0 aromatic heterocycles. The summed E-state index contributed by atoms with van der Waals surface area (Å²) in [4.78, 5) is 20.6. The standard InChI is InChI=1S/C4H5FN2O3/c5-4(10)1-6-3(9)7-2(4)8/h10H,1H2,(H2,6,7,8,9). The monoisotopic (exact) mass is 148 g/mol. The fraction of sp³-hybridized carbons (Fsp3) is 0.500. The summed E-state index contributed by atoms with van der Waals surface area (Å²) in [5.41, 5.74) is 0. The van der Waals surface area contributed by atoms with E-state index in [2.05, 4.69) is 0 Å². The minimum absolute atomic E-state index is 0.697. The summed E-state index contributed by atoms with van der Waals surface area (Å²) >= 11 is 0. The smallest absolute Gasteiger partial charge is 0.321 e. The molecule has 0 aliphatic carbocycles. The molecule has 0 aromatic carbocycles. The van der Waals surface area contributed by atoms with Gasteiger partial charge in [0, 0.05) is 0 Å². The average molecular weight is 148 g/mol. The maximum absolute atomic E-state index is 12.4. The van der Waals surface area contributed by atoms with Crippen molar-refractivity contribution in [3.05, 3.63) is 0 Å². The van der Waals surface area contributed by atoms with E-state index in [0.29, 0.717) is 0 Å². The van der Waals surface area contributed by atoms with E-state index in [-0.39, 0.29) is 0 Å². The Kier molecular flexibility index (Phi) is 1.33. The van der Waals surface area contributed by atoms with Crippen LogP contribution in [0.5, 0.6) is 0 Å². The largest absolute Gasteiger partial charge is 0.353 e. The Balaban J connectivity index is 2.70. The topological polar surface area (TPSA) is 78.4 Å². The number of aliphatic hydroxyl groups is 1. The van der Waals surface area contributed by atoms with Gasteiger partial charge in [0.05, 0.1) is 6.54 Å². The molecule has 1 unspecified atom stereocenters. The summed E-state index contributed by atoms with van der Waals surface area (Å²) in [6.07, 6.45) is 0. The van der Waals surface area contributed by atoms with Gasteiger partial charge in [0.2, 0.25) is 0 Å². The van der Waals surface area contributed by atoms with E-state index < -0.39 is 24.3 Å². The molecule has 1 atom stereocenters. The highest BCUT2D eigenvalue weighted by atomic mass is 19.2. The molecule has 1 aliphatic rings. The second-order valence-corrected chi connectivity index (χ2v) is 1.90. The zero-order chi connectivity index (χ0) is 7.78. The molecule has 0 saturated carbocycles. The first-order valence-corrected chi connectivity index (χ1v) is 2.53. The number of carbonyl (C=O) groups is 2. The predicted octanol–water partition coefficient (Wildman–Crippen LogP) is -1.52. The Bertz CT molecular complexity index is 191. The molecule has 0 spiro atoms. The fourth-order valence-electron chi connectivity index (χ4n) is 0.521. The molecule has 56 valence electrons. The van der Waals surface area contributed by atoms with Crippen LogP contribution in [0, 0.1) is 0 Å². The number of hydrogen-bond acceptors (Lipinski definition) is 3. The van der Waals surface area contributed by atoms with Crippen LogP contribution in [0.25, 0.3) is 0 Å². The van der Waals surface area contributed by atoms with Crippen molar-refractivity contribution in [1.82, 2.24) is 10.6 Å². The quantitative estimate of drug-likeness (QED) is 0.390. The number of carbonyl (C=O) groups excluding carboxylic acids is 2. The molecule has 0 bridgehead atoms. The Labute approximate surface area is 55.2 Å². The molecule has 0 aromatic rings. The molecular formula is C4H5FN2O3. The molecule has 3 N–H and O–H groups in total. The van der Waals surface area contributed by atoms with Gasteiger partial charge in [0.15, 0.2) is 0 Å². The van der Waals surface area contributed by atoms with E-state index >= 15 is 0 Å². The second kappa shape index (κ2) is 1.91. The SMILES string of the molecule is O=C1NCC(O)(F)C(=O)N1. The van der Waals surface area contributed by atoms with E-state index in [1.807, 2.05) is 5.32 Å². The normalized spacial score (nSPS) is 33.0. The number of imide groups is 1. The van der Waals surface area contributed by atoms with Crippen molar-refractivity contribution in [2.45, 2.75) is 5.85 Å². The van der Waals surface area contributed by atoms with Crippen molar-refractivity contribution in [2.24, 2.45) is 0 Å². The van der Waals surface area contributed by atoms with Crippen molar-refractivity contribution in [1.29, 1.82) is 0 Å². The summed E-state index contributed by atoms with van der Waals surface area (Å²) < 4.78 is 12.4. The molecule has 5 nitrogen and oxygen atoms in total. The molecule has 6 heteroatoms. The summed E-state index contributed by atoms with van der Waals surface area (Å²) in [6, 6.07) is -0.799. The molecule has 10 heavy (non-hydrogen) atoms. The van der Waals surface area contributed by atoms with Crippen LogP contribution < -0.4 is 10.6 Å². The maximum atomic E-state index is 12.4. The van der Waals surface area contributed by atoms with Crippen LogP contribution in [0.4, 0.5) is 9.18 Å². The van der Waals surface area contributed by atoms with Crippen LogP contribution in [-0.4, -0.2) is 29.4 Å². The summed E-state index contributed by atoms with van der Waals surface area (Å²) in [7, 11) is 0. The lowest BCUT2D eigenvalue weighted by atomic mass is 10.2. The number of nitrogens with one attached hydrogen (secondary N) is 2. The van der Waals surface area contributed by atoms with Crippen LogP contribution in [-0.2, 0) is 4.79 Å². The van der Waals surface area contributed by atoms with E-state index in [9.17, 15) is 14.0 Å². The van der Waals surface area contributed by atoms with Gasteiger partial charge in [-0.25, -0.2) is 4.79 Å². The van der Waals surface area contributed by atoms with Gasteiger partial charge in [-0.05, 0) is 0 Å².